The molecule has 175 valence electrons. The number of nitrogens with zero attached hydrogens (tertiary/aromatic N) is 1. The van der Waals surface area contributed by atoms with E-state index in [1.807, 2.05) is 0 Å². The molecule has 0 bridgehead atoms. The van der Waals surface area contributed by atoms with Crippen LogP contribution >= 0.6 is 0 Å². The van der Waals surface area contributed by atoms with Gasteiger partial charge in [-0.1, -0.05) is 83.5 Å². The van der Waals surface area contributed by atoms with Crippen LogP contribution in [0.25, 0.3) is 43.7 Å². The van der Waals surface area contributed by atoms with E-state index in [4.69, 9.17) is 0 Å². The fraction of sp³-hybridized carbons (Fsp3) is 0.129. The minimum Gasteiger partial charge on any atom is -1.00 e. The third kappa shape index (κ3) is 3.01. The first-order valence-corrected chi connectivity index (χ1v) is 14.9. The second-order valence-electron chi connectivity index (χ2n) is 10.4. The Morgan fingerprint density at radius 2 is 1.31 bits per heavy atom. The predicted molar refractivity (Wildman–Crippen MR) is 143 cm³/mol. The van der Waals surface area contributed by atoms with Gasteiger partial charge in [-0.3, -0.25) is 0 Å². The van der Waals surface area contributed by atoms with Gasteiger partial charge < -0.3 is 29.4 Å². The van der Waals surface area contributed by atoms with Crippen molar-refractivity contribution in [2.75, 3.05) is 0 Å². The second kappa shape index (κ2) is 8.50. The molecule has 0 unspecified atom stereocenters. The molecule has 2 aliphatic rings. The number of halogens is 2. The van der Waals surface area contributed by atoms with Gasteiger partial charge in [0.05, 0.1) is 0 Å². The Morgan fingerprint density at radius 1 is 0.722 bits per heavy atom. The monoisotopic (exact) mass is 598 g/mol. The third-order valence-corrected chi connectivity index (χ3v) is 11.7. The summed E-state index contributed by atoms with van der Waals surface area (Å²) < 4.78 is 2.45. The van der Waals surface area contributed by atoms with Gasteiger partial charge in [-0.2, -0.15) is 0 Å². The quantitative estimate of drug-likeness (QED) is 0.191. The summed E-state index contributed by atoms with van der Waals surface area (Å²) in [7, 11) is 0.662. The first-order valence-electron chi connectivity index (χ1n) is 11.9. The van der Waals surface area contributed by atoms with E-state index >= 15 is 0 Å². The van der Waals surface area contributed by atoms with E-state index in [2.05, 4.69) is 110 Å². The molecule has 0 amide bonds. The van der Waals surface area contributed by atoms with Gasteiger partial charge >= 0.3 is 26.2 Å². The number of aromatic nitrogens is 1. The molecule has 36 heavy (non-hydrogen) atoms. The van der Waals surface area contributed by atoms with Crippen molar-refractivity contribution in [3.8, 4) is 11.1 Å². The van der Waals surface area contributed by atoms with Gasteiger partial charge in [0.15, 0.2) is 0 Å². The molecule has 5 aromatic carbocycles. The summed E-state index contributed by atoms with van der Waals surface area (Å²) in [5, 5.41) is 9.15. The van der Waals surface area contributed by atoms with E-state index < -0.39 is 8.07 Å². The van der Waals surface area contributed by atoms with Crippen LogP contribution in [0.3, 0.4) is 0 Å². The number of rotatable bonds is 1. The molecular formula is C31H24Cl2NSiZr. The van der Waals surface area contributed by atoms with Crippen molar-refractivity contribution >= 4 is 51.0 Å². The zero-order chi connectivity index (χ0) is 22.1. The molecule has 1 aromatic heterocycles. The number of fused-ring (bicyclic) bond motifs is 10. The smallest absolute Gasteiger partial charge is 1.00 e. The molecule has 0 atom stereocenters. The predicted octanol–water partition coefficient (Wildman–Crippen LogP) is 0.506. The molecule has 1 aliphatic carbocycles. The average molecular weight is 601 g/mol. The molecule has 0 N–H and O–H groups in total. The standard InChI is InChI=1S/C31H24NSi.2ClH.Zr/c1-32-25-16-18-10-4-5-11-19(18)28(25)29-26(32)17-24(30-31(29)33(30,2)3)27-22-14-8-6-12-20(22)21-13-7-9-15-23(21)27;;;/h4-17,27H,1-3H3;2*1H;/q-1;;;+3/p-2. The zero-order valence-electron chi connectivity index (χ0n) is 20.4. The molecule has 6 aromatic rings. The maximum absolute atomic E-state index is 2.55. The van der Waals surface area contributed by atoms with Gasteiger partial charge in [0.1, 0.15) is 8.07 Å². The van der Waals surface area contributed by atoms with Gasteiger partial charge in [-0.15, -0.1) is 35.0 Å². The van der Waals surface area contributed by atoms with Crippen LogP contribution in [-0.2, 0) is 33.3 Å². The second-order valence-corrected chi connectivity index (χ2v) is 14.6. The molecule has 1 nitrogen and oxygen atoms in total. The normalized spacial score (nSPS) is 14.5. The van der Waals surface area contributed by atoms with Gasteiger partial charge in [0, 0.05) is 18.5 Å². The maximum atomic E-state index is 2.55. The van der Waals surface area contributed by atoms with E-state index in [-0.39, 0.29) is 51.0 Å². The largest absolute Gasteiger partial charge is 3.00 e. The number of benzene rings is 4. The zero-order valence-corrected chi connectivity index (χ0v) is 25.3. The Bertz CT molecular complexity index is 1780. The molecular weight excluding hydrogens is 577 g/mol. The van der Waals surface area contributed by atoms with Crippen molar-refractivity contribution in [3.05, 3.63) is 102 Å². The Morgan fingerprint density at radius 3 is 1.97 bits per heavy atom. The summed E-state index contributed by atoms with van der Waals surface area (Å²) in [6.07, 6.45) is 0. The van der Waals surface area contributed by atoms with E-state index in [0.717, 1.165) is 0 Å². The number of hydrogen-bond acceptors (Lipinski definition) is 0. The van der Waals surface area contributed by atoms with Crippen molar-refractivity contribution in [2.45, 2.75) is 19.0 Å². The molecule has 8 rings (SSSR count). The first kappa shape index (κ1) is 25.6. The van der Waals surface area contributed by atoms with Gasteiger partial charge in [-0.05, 0) is 44.8 Å². The summed E-state index contributed by atoms with van der Waals surface area (Å²) >= 11 is 0. The SMILES string of the molecule is Cn1c2cc(C3c4ccccc4-c4ccccc43)c3c(c2c2c4ccccc4[cH-]c21)[Si]3(C)C.[Cl-].[Cl-].[Zr+3]. The molecule has 0 saturated heterocycles. The molecule has 2 heterocycles. The molecule has 0 saturated carbocycles. The van der Waals surface area contributed by atoms with E-state index in [9.17, 15) is 0 Å². The van der Waals surface area contributed by atoms with Gasteiger partial charge in [0.25, 0.3) is 0 Å². The van der Waals surface area contributed by atoms with Gasteiger partial charge in [0.2, 0.25) is 0 Å². The summed E-state index contributed by atoms with van der Waals surface area (Å²) in [5.41, 5.74) is 10.1. The van der Waals surface area contributed by atoms with Crippen molar-refractivity contribution in [1.29, 1.82) is 0 Å². The maximum Gasteiger partial charge on any atom is 3.00 e. The van der Waals surface area contributed by atoms with Crippen LogP contribution in [0.4, 0.5) is 0 Å². The summed E-state index contributed by atoms with van der Waals surface area (Å²) in [6, 6.07) is 31.9. The first-order chi connectivity index (χ1) is 16.1. The van der Waals surface area contributed by atoms with E-state index in [1.54, 1.807) is 15.9 Å². The van der Waals surface area contributed by atoms with Crippen LogP contribution in [0, 0.1) is 0 Å². The van der Waals surface area contributed by atoms with Crippen LogP contribution in [0.15, 0.2) is 84.9 Å². The van der Waals surface area contributed by atoms with Crippen molar-refractivity contribution in [3.63, 3.8) is 0 Å². The Balaban J connectivity index is 0.000000889. The molecule has 0 fully saturated rings. The van der Waals surface area contributed by atoms with Crippen LogP contribution in [0.5, 0.6) is 0 Å². The van der Waals surface area contributed by atoms with Crippen LogP contribution in [0.2, 0.25) is 13.1 Å². The van der Waals surface area contributed by atoms with Crippen molar-refractivity contribution in [2.24, 2.45) is 7.05 Å². The molecule has 1 radical (unpaired) electrons. The summed E-state index contributed by atoms with van der Waals surface area (Å²) in [4.78, 5) is 0. The summed E-state index contributed by atoms with van der Waals surface area (Å²) in [5.74, 6) is 0.339. The molecule has 1 aliphatic heterocycles. The van der Waals surface area contributed by atoms with E-state index in [0.29, 0.717) is 5.92 Å². The minimum absolute atomic E-state index is 0. The molecule has 5 heteroatoms. The topological polar surface area (TPSA) is 4.93 Å². The Kier molecular flexibility index (Phi) is 6.05. The van der Waals surface area contributed by atoms with Crippen molar-refractivity contribution in [1.82, 2.24) is 4.57 Å². The fourth-order valence-corrected chi connectivity index (χ4v) is 10.7. The summed E-state index contributed by atoms with van der Waals surface area (Å²) in [6.45, 7) is 5.11. The number of aryl methyl sites for hydroxylation is 1. The number of hydrogen-bond donors (Lipinski definition) is 0. The Labute approximate surface area is 243 Å². The average Bonchev–Trinajstić information content (AvgIpc) is 3.14. The van der Waals surface area contributed by atoms with Gasteiger partial charge in [-0.25, -0.2) is 0 Å². The van der Waals surface area contributed by atoms with E-state index in [1.165, 1.54) is 54.8 Å². The van der Waals surface area contributed by atoms with Crippen LogP contribution in [0.1, 0.15) is 22.6 Å². The Hall–Kier alpha value is -2.03. The fourth-order valence-electron chi connectivity index (χ4n) is 6.93. The molecule has 0 spiro atoms. The van der Waals surface area contributed by atoms with Crippen molar-refractivity contribution < 1.29 is 51.0 Å². The minimum atomic E-state index is -1.59. The van der Waals surface area contributed by atoms with Crippen LogP contribution < -0.4 is 35.2 Å². The third-order valence-electron chi connectivity index (χ3n) is 8.42. The van der Waals surface area contributed by atoms with Crippen LogP contribution in [-0.4, -0.2) is 12.6 Å².